The van der Waals surface area contributed by atoms with E-state index >= 15 is 0 Å². The average Bonchev–Trinajstić information content (AvgIpc) is 2.70. The molecule has 0 atom stereocenters. The quantitative estimate of drug-likeness (QED) is 0.405. The van der Waals surface area contributed by atoms with E-state index in [0.717, 1.165) is 17.7 Å². The number of likely N-dealkylation sites (N-methyl/N-ethyl adjacent to an activating group) is 1. The van der Waals surface area contributed by atoms with Crippen molar-refractivity contribution < 1.29 is 9.53 Å². The molecule has 144 valence electrons. The highest BCUT2D eigenvalue weighted by molar-refractivity contribution is 5.86. The zero-order chi connectivity index (χ0) is 19.3. The van der Waals surface area contributed by atoms with Gasteiger partial charge in [-0.15, -0.1) is 0 Å². The van der Waals surface area contributed by atoms with E-state index in [9.17, 15) is 4.79 Å². The highest BCUT2D eigenvalue weighted by atomic mass is 16.5. The molecule has 6 heteroatoms. The maximum absolute atomic E-state index is 11.8. The van der Waals surface area contributed by atoms with Crippen LogP contribution in [0.15, 0.2) is 65.7 Å². The molecular formula is C21H28N4O2. The van der Waals surface area contributed by atoms with Gasteiger partial charge in [0.05, 0.1) is 19.7 Å². The van der Waals surface area contributed by atoms with Gasteiger partial charge in [0.25, 0.3) is 0 Å². The summed E-state index contributed by atoms with van der Waals surface area (Å²) in [5.41, 5.74) is 1.12. The lowest BCUT2D eigenvalue weighted by molar-refractivity contribution is -0.127. The number of carbonyl (C=O) groups excluding carboxylic acids is 1. The van der Waals surface area contributed by atoms with Crippen LogP contribution in [0.3, 0.4) is 0 Å². The summed E-state index contributed by atoms with van der Waals surface area (Å²) in [6, 6.07) is 19.8. The Hall–Kier alpha value is -3.02. The molecule has 2 rings (SSSR count). The van der Waals surface area contributed by atoms with Crippen molar-refractivity contribution in [2.24, 2.45) is 4.99 Å². The lowest BCUT2D eigenvalue weighted by Gasteiger charge is -2.15. The summed E-state index contributed by atoms with van der Waals surface area (Å²) >= 11 is 0. The second-order valence-corrected chi connectivity index (χ2v) is 6.23. The van der Waals surface area contributed by atoms with Gasteiger partial charge in [0.2, 0.25) is 5.91 Å². The summed E-state index contributed by atoms with van der Waals surface area (Å²) in [5.74, 6) is 1.48. The fourth-order valence-corrected chi connectivity index (χ4v) is 2.23. The Bertz CT molecular complexity index is 703. The summed E-state index contributed by atoms with van der Waals surface area (Å²) in [6.45, 7) is 2.06. The number of guanidine groups is 1. The predicted octanol–water partition coefficient (Wildman–Crippen LogP) is 2.28. The standard InChI is InChI=1S/C21H28N4O2/c1-25(2)20(26)17-24-21(23-16-18-10-5-3-6-11-18)22-14-9-15-27-19-12-7-4-8-13-19/h3-8,10-13H,9,14-17H2,1-2H3,(H2,22,23,24). The van der Waals surface area contributed by atoms with Crippen LogP contribution in [0.2, 0.25) is 0 Å². The van der Waals surface area contributed by atoms with Crippen LogP contribution in [-0.4, -0.2) is 50.6 Å². The number of rotatable bonds is 9. The molecule has 2 aromatic rings. The number of benzene rings is 2. The van der Waals surface area contributed by atoms with Crippen LogP contribution in [0.5, 0.6) is 5.75 Å². The average molecular weight is 368 g/mol. The first-order valence-corrected chi connectivity index (χ1v) is 9.09. The lowest BCUT2D eigenvalue weighted by Crippen LogP contribution is -2.43. The molecule has 0 aliphatic rings. The molecule has 0 radical (unpaired) electrons. The van der Waals surface area contributed by atoms with E-state index in [0.29, 0.717) is 25.7 Å². The second kappa shape index (κ2) is 11.6. The van der Waals surface area contributed by atoms with Crippen LogP contribution in [0.1, 0.15) is 12.0 Å². The Morgan fingerprint density at radius 1 is 1.00 bits per heavy atom. The van der Waals surface area contributed by atoms with Crippen LogP contribution in [0, 0.1) is 0 Å². The van der Waals surface area contributed by atoms with Crippen LogP contribution in [-0.2, 0) is 11.3 Å². The fraction of sp³-hybridized carbons (Fsp3) is 0.333. The number of aliphatic imine (C=N–C) groups is 1. The van der Waals surface area contributed by atoms with E-state index in [1.807, 2.05) is 60.7 Å². The van der Waals surface area contributed by atoms with E-state index in [1.54, 1.807) is 19.0 Å². The third kappa shape index (κ3) is 8.27. The first-order chi connectivity index (χ1) is 13.1. The molecule has 0 bridgehead atoms. The van der Waals surface area contributed by atoms with Gasteiger partial charge in [0.1, 0.15) is 5.75 Å². The minimum absolute atomic E-state index is 0.00313. The topological polar surface area (TPSA) is 66.0 Å². The van der Waals surface area contributed by atoms with Gasteiger partial charge in [0.15, 0.2) is 5.96 Å². The van der Waals surface area contributed by atoms with Crippen LogP contribution in [0.25, 0.3) is 0 Å². The number of para-hydroxylation sites is 1. The van der Waals surface area contributed by atoms with Gasteiger partial charge in [-0.25, -0.2) is 4.99 Å². The Kier molecular flexibility index (Phi) is 8.69. The molecule has 0 fully saturated rings. The first-order valence-electron chi connectivity index (χ1n) is 9.09. The molecule has 0 spiro atoms. The summed E-state index contributed by atoms with van der Waals surface area (Å²) in [5, 5.41) is 6.35. The number of hydrogen-bond acceptors (Lipinski definition) is 3. The van der Waals surface area contributed by atoms with E-state index in [4.69, 9.17) is 4.74 Å². The Morgan fingerprint density at radius 3 is 2.33 bits per heavy atom. The van der Waals surface area contributed by atoms with Crippen molar-refractivity contribution in [2.45, 2.75) is 13.0 Å². The van der Waals surface area contributed by atoms with Crippen molar-refractivity contribution in [3.8, 4) is 5.75 Å². The molecule has 2 aromatic carbocycles. The molecule has 0 aliphatic carbocycles. The van der Waals surface area contributed by atoms with Crippen molar-refractivity contribution in [1.29, 1.82) is 0 Å². The number of hydrogen-bond donors (Lipinski definition) is 2. The number of nitrogens with one attached hydrogen (secondary N) is 2. The van der Waals surface area contributed by atoms with Gasteiger partial charge in [0, 0.05) is 20.6 Å². The van der Waals surface area contributed by atoms with E-state index in [-0.39, 0.29) is 12.5 Å². The third-order valence-corrected chi connectivity index (χ3v) is 3.79. The minimum Gasteiger partial charge on any atom is -0.494 e. The highest BCUT2D eigenvalue weighted by Crippen LogP contribution is 2.08. The van der Waals surface area contributed by atoms with Gasteiger partial charge in [-0.05, 0) is 24.1 Å². The van der Waals surface area contributed by atoms with Crippen molar-refractivity contribution in [2.75, 3.05) is 33.8 Å². The normalized spacial score (nSPS) is 11.0. The fourth-order valence-electron chi connectivity index (χ4n) is 2.23. The smallest absolute Gasteiger partial charge is 0.241 e. The zero-order valence-corrected chi connectivity index (χ0v) is 16.0. The zero-order valence-electron chi connectivity index (χ0n) is 16.0. The Morgan fingerprint density at radius 2 is 1.67 bits per heavy atom. The summed E-state index contributed by atoms with van der Waals surface area (Å²) < 4.78 is 5.69. The van der Waals surface area contributed by atoms with Crippen LogP contribution >= 0.6 is 0 Å². The molecule has 0 unspecified atom stereocenters. The largest absolute Gasteiger partial charge is 0.494 e. The van der Waals surface area contributed by atoms with Gasteiger partial charge < -0.3 is 20.3 Å². The van der Waals surface area contributed by atoms with Crippen LogP contribution in [0.4, 0.5) is 0 Å². The van der Waals surface area contributed by atoms with Gasteiger partial charge in [-0.2, -0.15) is 0 Å². The lowest BCUT2D eigenvalue weighted by atomic mass is 10.2. The summed E-state index contributed by atoms with van der Waals surface area (Å²) in [6.07, 6.45) is 0.822. The molecule has 0 aliphatic heterocycles. The molecule has 2 N–H and O–H groups in total. The molecule has 1 amide bonds. The first kappa shape index (κ1) is 20.3. The summed E-state index contributed by atoms with van der Waals surface area (Å²) in [4.78, 5) is 17.9. The molecule has 6 nitrogen and oxygen atoms in total. The van der Waals surface area contributed by atoms with E-state index in [1.165, 1.54) is 0 Å². The Labute approximate surface area is 161 Å². The summed E-state index contributed by atoms with van der Waals surface area (Å²) in [7, 11) is 3.47. The second-order valence-electron chi connectivity index (χ2n) is 6.23. The van der Waals surface area contributed by atoms with Gasteiger partial charge in [-0.3, -0.25) is 4.79 Å². The number of carbonyl (C=O) groups is 1. The minimum atomic E-state index is -0.00313. The monoisotopic (exact) mass is 368 g/mol. The predicted molar refractivity (Wildman–Crippen MR) is 109 cm³/mol. The van der Waals surface area contributed by atoms with Gasteiger partial charge >= 0.3 is 0 Å². The molecule has 0 saturated carbocycles. The maximum atomic E-state index is 11.8. The van der Waals surface area contributed by atoms with Crippen molar-refractivity contribution in [1.82, 2.24) is 15.5 Å². The van der Waals surface area contributed by atoms with Crippen molar-refractivity contribution >= 4 is 11.9 Å². The number of nitrogens with zero attached hydrogens (tertiary/aromatic N) is 2. The van der Waals surface area contributed by atoms with Crippen LogP contribution < -0.4 is 15.4 Å². The third-order valence-electron chi connectivity index (χ3n) is 3.79. The molecule has 0 aromatic heterocycles. The Balaban J connectivity index is 1.80. The van der Waals surface area contributed by atoms with E-state index in [2.05, 4.69) is 15.6 Å². The molecule has 0 heterocycles. The molecular weight excluding hydrogens is 340 g/mol. The SMILES string of the molecule is CN(C)C(=O)CNC(=NCc1ccccc1)NCCCOc1ccccc1. The highest BCUT2D eigenvalue weighted by Gasteiger charge is 2.05. The number of amides is 1. The number of ether oxygens (including phenoxy) is 1. The van der Waals surface area contributed by atoms with Crippen molar-refractivity contribution in [3.05, 3.63) is 66.2 Å². The van der Waals surface area contributed by atoms with Gasteiger partial charge in [-0.1, -0.05) is 48.5 Å². The maximum Gasteiger partial charge on any atom is 0.241 e. The van der Waals surface area contributed by atoms with E-state index < -0.39 is 0 Å². The van der Waals surface area contributed by atoms with Crippen molar-refractivity contribution in [3.63, 3.8) is 0 Å². The molecule has 0 saturated heterocycles. The molecule has 27 heavy (non-hydrogen) atoms.